The number of ether oxygens (including phenoxy) is 1. The summed E-state index contributed by atoms with van der Waals surface area (Å²) in [6.07, 6.45) is 1.08. The molecule has 0 aliphatic rings. The van der Waals surface area contributed by atoms with Gasteiger partial charge in [-0.1, -0.05) is 6.92 Å². The first-order valence-electron chi connectivity index (χ1n) is 6.13. The Morgan fingerprint density at radius 1 is 1.50 bits per heavy atom. The van der Waals surface area contributed by atoms with Crippen LogP contribution in [0.15, 0.2) is 18.2 Å². The molecule has 1 atom stereocenters. The summed E-state index contributed by atoms with van der Waals surface area (Å²) in [5, 5.41) is 12.5. The summed E-state index contributed by atoms with van der Waals surface area (Å²) in [7, 11) is 1.63. The Labute approximate surface area is 114 Å². The summed E-state index contributed by atoms with van der Waals surface area (Å²) in [6.45, 7) is 4.30. The predicted octanol–water partition coefficient (Wildman–Crippen LogP) is 3.51. The molecule has 0 saturated carbocycles. The number of rotatable bonds is 7. The molecule has 98 valence electrons. The van der Waals surface area contributed by atoms with Crippen LogP contribution >= 0.6 is 11.8 Å². The summed E-state index contributed by atoms with van der Waals surface area (Å²) in [6, 6.07) is 8.02. The lowest BCUT2D eigenvalue weighted by molar-refractivity contribution is 0.415. The van der Waals surface area contributed by atoms with E-state index in [4.69, 9.17) is 10.00 Å². The van der Waals surface area contributed by atoms with Crippen molar-refractivity contribution in [1.82, 2.24) is 0 Å². The highest BCUT2D eigenvalue weighted by molar-refractivity contribution is 7.99. The highest BCUT2D eigenvalue weighted by Gasteiger charge is 2.07. The smallest absolute Gasteiger partial charge is 0.121 e. The van der Waals surface area contributed by atoms with Crippen LogP contribution in [0.25, 0.3) is 0 Å². The van der Waals surface area contributed by atoms with Crippen LogP contribution in [-0.2, 0) is 0 Å². The SMILES string of the molecule is CCSCCC(C)Nc1cc(OC)ccc1C#N. The van der Waals surface area contributed by atoms with Gasteiger partial charge in [0.05, 0.1) is 18.4 Å². The van der Waals surface area contributed by atoms with Crippen molar-refractivity contribution in [3.05, 3.63) is 23.8 Å². The molecule has 0 aliphatic carbocycles. The van der Waals surface area contributed by atoms with Crippen molar-refractivity contribution in [2.24, 2.45) is 0 Å². The van der Waals surface area contributed by atoms with Crippen LogP contribution in [0.2, 0.25) is 0 Å². The number of hydrogen-bond acceptors (Lipinski definition) is 4. The Hall–Kier alpha value is -1.34. The van der Waals surface area contributed by atoms with E-state index in [1.807, 2.05) is 17.8 Å². The summed E-state index contributed by atoms with van der Waals surface area (Å²) in [5.41, 5.74) is 1.51. The quantitative estimate of drug-likeness (QED) is 0.765. The number of nitrogens with zero attached hydrogens (tertiary/aromatic N) is 1. The highest BCUT2D eigenvalue weighted by atomic mass is 32.2. The molecule has 0 fully saturated rings. The number of anilines is 1. The molecular weight excluding hydrogens is 244 g/mol. The first-order valence-corrected chi connectivity index (χ1v) is 7.29. The first kappa shape index (κ1) is 14.7. The fraction of sp³-hybridized carbons (Fsp3) is 0.500. The number of thioether (sulfide) groups is 1. The molecule has 1 rings (SSSR count). The van der Waals surface area contributed by atoms with Crippen molar-refractivity contribution in [1.29, 1.82) is 5.26 Å². The van der Waals surface area contributed by atoms with E-state index in [0.29, 0.717) is 11.6 Å². The molecule has 0 amide bonds. The van der Waals surface area contributed by atoms with Crippen molar-refractivity contribution in [3.63, 3.8) is 0 Å². The molecule has 3 nitrogen and oxygen atoms in total. The number of nitrogens with one attached hydrogen (secondary N) is 1. The van der Waals surface area contributed by atoms with Gasteiger partial charge in [-0.3, -0.25) is 0 Å². The summed E-state index contributed by atoms with van der Waals surface area (Å²) in [5.74, 6) is 3.05. The molecule has 1 unspecified atom stereocenters. The maximum Gasteiger partial charge on any atom is 0.121 e. The molecule has 0 spiro atoms. The van der Waals surface area contributed by atoms with Crippen molar-refractivity contribution in [2.75, 3.05) is 23.9 Å². The Balaban J connectivity index is 2.67. The minimum absolute atomic E-state index is 0.350. The maximum absolute atomic E-state index is 9.07. The van der Waals surface area contributed by atoms with Crippen LogP contribution < -0.4 is 10.1 Å². The summed E-state index contributed by atoms with van der Waals surface area (Å²) < 4.78 is 5.18. The van der Waals surface area contributed by atoms with Gasteiger partial charge >= 0.3 is 0 Å². The van der Waals surface area contributed by atoms with Crippen molar-refractivity contribution in [2.45, 2.75) is 26.3 Å². The molecule has 0 radical (unpaired) electrons. The molecule has 1 N–H and O–H groups in total. The predicted molar refractivity (Wildman–Crippen MR) is 78.4 cm³/mol. The molecule has 0 bridgehead atoms. The van der Waals surface area contributed by atoms with Gasteiger partial charge in [0.25, 0.3) is 0 Å². The van der Waals surface area contributed by atoms with E-state index >= 15 is 0 Å². The Morgan fingerprint density at radius 2 is 2.28 bits per heavy atom. The fourth-order valence-electron chi connectivity index (χ4n) is 1.61. The lowest BCUT2D eigenvalue weighted by atomic mass is 10.1. The number of methoxy groups -OCH3 is 1. The van der Waals surface area contributed by atoms with Gasteiger partial charge < -0.3 is 10.1 Å². The Kier molecular flexibility index (Phi) is 6.45. The Morgan fingerprint density at radius 3 is 2.89 bits per heavy atom. The average molecular weight is 264 g/mol. The molecule has 0 aromatic heterocycles. The van der Waals surface area contributed by atoms with Gasteiger partial charge in [-0.15, -0.1) is 0 Å². The number of benzene rings is 1. The van der Waals surface area contributed by atoms with Gasteiger partial charge in [0, 0.05) is 12.1 Å². The normalized spacial score (nSPS) is 11.7. The summed E-state index contributed by atoms with van der Waals surface area (Å²) in [4.78, 5) is 0. The lowest BCUT2D eigenvalue weighted by Gasteiger charge is -2.16. The molecule has 18 heavy (non-hydrogen) atoms. The standard InChI is InChI=1S/C14H20N2OS/c1-4-18-8-7-11(2)16-14-9-13(17-3)6-5-12(14)10-15/h5-6,9,11,16H,4,7-8H2,1-3H3. The average Bonchev–Trinajstić information content (AvgIpc) is 2.39. The third-order valence-electron chi connectivity index (χ3n) is 2.65. The van der Waals surface area contributed by atoms with Crippen LogP contribution in [0.3, 0.4) is 0 Å². The first-order chi connectivity index (χ1) is 8.71. The van der Waals surface area contributed by atoms with Crippen molar-refractivity contribution in [3.8, 4) is 11.8 Å². The minimum Gasteiger partial charge on any atom is -0.497 e. The zero-order valence-corrected chi connectivity index (χ0v) is 12.0. The third kappa shape index (κ3) is 4.50. The van der Waals surface area contributed by atoms with Gasteiger partial charge in [-0.25, -0.2) is 0 Å². The van der Waals surface area contributed by atoms with Gasteiger partial charge in [-0.2, -0.15) is 17.0 Å². The van der Waals surface area contributed by atoms with Crippen molar-refractivity contribution >= 4 is 17.4 Å². The zero-order valence-electron chi connectivity index (χ0n) is 11.2. The van der Waals surface area contributed by atoms with Gasteiger partial charge in [-0.05, 0) is 37.0 Å². The zero-order chi connectivity index (χ0) is 13.4. The van der Waals surface area contributed by atoms with Gasteiger partial charge in [0.15, 0.2) is 0 Å². The molecule has 0 heterocycles. The van der Waals surface area contributed by atoms with Crippen LogP contribution in [0.1, 0.15) is 25.8 Å². The van der Waals surface area contributed by atoms with Crippen LogP contribution in [0.5, 0.6) is 5.75 Å². The highest BCUT2D eigenvalue weighted by Crippen LogP contribution is 2.23. The third-order valence-corrected chi connectivity index (χ3v) is 3.58. The maximum atomic E-state index is 9.07. The summed E-state index contributed by atoms with van der Waals surface area (Å²) >= 11 is 1.93. The Bertz CT molecular complexity index is 415. The van der Waals surface area contributed by atoms with Crippen LogP contribution in [0.4, 0.5) is 5.69 Å². The molecule has 0 saturated heterocycles. The van der Waals surface area contributed by atoms with E-state index in [2.05, 4.69) is 25.2 Å². The molecule has 1 aromatic rings. The second-order valence-corrected chi connectivity index (χ2v) is 5.45. The van der Waals surface area contributed by atoms with Gasteiger partial charge in [0.1, 0.15) is 11.8 Å². The second-order valence-electron chi connectivity index (χ2n) is 4.05. The van der Waals surface area contributed by atoms with E-state index in [-0.39, 0.29) is 0 Å². The van der Waals surface area contributed by atoms with Crippen LogP contribution in [-0.4, -0.2) is 24.7 Å². The second kappa shape index (κ2) is 7.88. The van der Waals surface area contributed by atoms with Crippen LogP contribution in [0, 0.1) is 11.3 Å². The van der Waals surface area contributed by atoms with Crippen molar-refractivity contribution < 1.29 is 4.74 Å². The van der Waals surface area contributed by atoms with Gasteiger partial charge in [0.2, 0.25) is 0 Å². The largest absolute Gasteiger partial charge is 0.497 e. The monoisotopic (exact) mass is 264 g/mol. The minimum atomic E-state index is 0.350. The van der Waals surface area contributed by atoms with E-state index in [1.165, 1.54) is 0 Å². The number of hydrogen-bond donors (Lipinski definition) is 1. The van der Waals surface area contributed by atoms with E-state index < -0.39 is 0 Å². The van der Waals surface area contributed by atoms with E-state index in [9.17, 15) is 0 Å². The topological polar surface area (TPSA) is 45.0 Å². The molecule has 0 aliphatic heterocycles. The molecule has 1 aromatic carbocycles. The molecule has 4 heteroatoms. The fourth-order valence-corrected chi connectivity index (χ4v) is 2.42. The molecular formula is C14H20N2OS. The van der Waals surface area contributed by atoms with E-state index in [0.717, 1.165) is 29.4 Å². The number of nitriles is 1. The van der Waals surface area contributed by atoms with E-state index in [1.54, 1.807) is 19.2 Å². The lowest BCUT2D eigenvalue weighted by Crippen LogP contribution is -2.16.